The number of rotatable bonds is 7. The van der Waals surface area contributed by atoms with Crippen LogP contribution < -0.4 is 10.2 Å². The zero-order valence-corrected chi connectivity index (χ0v) is 17.8. The molecule has 2 amide bonds. The second kappa shape index (κ2) is 9.84. The van der Waals surface area contributed by atoms with E-state index in [0.29, 0.717) is 5.69 Å². The van der Waals surface area contributed by atoms with Gasteiger partial charge in [-0.25, -0.2) is 0 Å². The number of nitrogens with one attached hydrogen (secondary N) is 1. The largest absolute Gasteiger partial charge is 0.469 e. The summed E-state index contributed by atoms with van der Waals surface area (Å²) >= 11 is 0. The summed E-state index contributed by atoms with van der Waals surface area (Å²) in [4.78, 5) is 50.1. The number of carbonyl (C=O) groups is 3. The molecule has 1 N–H and O–H groups in total. The number of benzene rings is 2. The first kappa shape index (κ1) is 23.5. The lowest BCUT2D eigenvalue weighted by molar-refractivity contribution is -0.384. The normalized spacial score (nSPS) is 11.9. The number of hydrogen-bond acceptors (Lipinski definition) is 6. The Kier molecular flexibility index (Phi) is 7.47. The van der Waals surface area contributed by atoms with Crippen LogP contribution in [0, 0.1) is 10.1 Å². The number of nitro benzene ring substituents is 1. The van der Waals surface area contributed by atoms with Gasteiger partial charge in [-0.15, -0.1) is 0 Å². The van der Waals surface area contributed by atoms with Crippen molar-refractivity contribution in [3.63, 3.8) is 0 Å². The van der Waals surface area contributed by atoms with Gasteiger partial charge in [0.25, 0.3) is 5.69 Å². The Morgan fingerprint density at radius 2 is 1.74 bits per heavy atom. The van der Waals surface area contributed by atoms with Crippen molar-refractivity contribution in [2.45, 2.75) is 38.8 Å². The summed E-state index contributed by atoms with van der Waals surface area (Å²) in [6.45, 7) is 5.33. The van der Waals surface area contributed by atoms with Gasteiger partial charge in [-0.1, -0.05) is 30.3 Å². The molecule has 1 unspecified atom stereocenters. The first-order valence-electron chi connectivity index (χ1n) is 9.54. The van der Waals surface area contributed by atoms with E-state index in [1.54, 1.807) is 51.1 Å². The van der Waals surface area contributed by atoms with E-state index in [2.05, 4.69) is 10.1 Å². The Bertz CT molecular complexity index is 969. The molecule has 0 bridgehead atoms. The highest BCUT2D eigenvalue weighted by Crippen LogP contribution is 2.31. The molecule has 2 aromatic rings. The summed E-state index contributed by atoms with van der Waals surface area (Å²) in [5, 5.41) is 14.1. The van der Waals surface area contributed by atoms with Crippen LogP contribution in [0.4, 0.5) is 11.4 Å². The minimum atomic E-state index is -1.25. The number of nitrogens with zero attached hydrogens (tertiary/aromatic N) is 2. The number of para-hydroxylation sites is 1. The van der Waals surface area contributed by atoms with Crippen molar-refractivity contribution < 1.29 is 24.0 Å². The molecule has 1 atom stereocenters. The second-order valence-corrected chi connectivity index (χ2v) is 7.85. The third-order valence-corrected chi connectivity index (χ3v) is 4.23. The number of hydrogen-bond donors (Lipinski definition) is 1. The van der Waals surface area contributed by atoms with E-state index in [9.17, 15) is 24.5 Å². The molecule has 164 valence electrons. The van der Waals surface area contributed by atoms with Gasteiger partial charge >= 0.3 is 5.97 Å². The number of carbonyl (C=O) groups excluding carboxylic acids is 3. The van der Waals surface area contributed by atoms with E-state index < -0.39 is 40.7 Å². The molecule has 0 aliphatic rings. The van der Waals surface area contributed by atoms with E-state index in [1.807, 2.05) is 0 Å². The maximum atomic E-state index is 13.3. The van der Waals surface area contributed by atoms with Crippen LogP contribution in [0.1, 0.15) is 38.8 Å². The molecule has 0 radical (unpaired) electrons. The van der Waals surface area contributed by atoms with Crippen LogP contribution >= 0.6 is 0 Å². The van der Waals surface area contributed by atoms with Crippen LogP contribution in [0.5, 0.6) is 0 Å². The van der Waals surface area contributed by atoms with Crippen molar-refractivity contribution in [1.82, 2.24) is 5.32 Å². The number of nitro groups is 1. The fourth-order valence-corrected chi connectivity index (χ4v) is 2.97. The fourth-order valence-electron chi connectivity index (χ4n) is 2.97. The van der Waals surface area contributed by atoms with Gasteiger partial charge in [0.1, 0.15) is 12.5 Å². The van der Waals surface area contributed by atoms with Gasteiger partial charge in [0.15, 0.2) is 0 Å². The Morgan fingerprint density at radius 1 is 1.10 bits per heavy atom. The molecule has 0 spiro atoms. The van der Waals surface area contributed by atoms with E-state index >= 15 is 0 Å². The SMILES string of the molecule is COC(=O)CC(=O)N(c1ccccc1)C(C(=O)NC(C)(C)C)c1cccc([N+](=O)[O-])c1. The molecule has 0 aliphatic heterocycles. The summed E-state index contributed by atoms with van der Waals surface area (Å²) < 4.78 is 4.61. The summed E-state index contributed by atoms with van der Waals surface area (Å²) in [6, 6.07) is 12.6. The highest BCUT2D eigenvalue weighted by Gasteiger charge is 2.35. The van der Waals surface area contributed by atoms with Crippen molar-refractivity contribution in [2.24, 2.45) is 0 Å². The van der Waals surface area contributed by atoms with Gasteiger partial charge < -0.3 is 10.1 Å². The summed E-state index contributed by atoms with van der Waals surface area (Å²) in [7, 11) is 1.16. The van der Waals surface area contributed by atoms with Crippen molar-refractivity contribution >= 4 is 29.2 Å². The van der Waals surface area contributed by atoms with Gasteiger partial charge in [0, 0.05) is 23.4 Å². The molecule has 0 aliphatic carbocycles. The molecular formula is C22H25N3O6. The Morgan fingerprint density at radius 3 is 2.29 bits per heavy atom. The number of amides is 2. The van der Waals surface area contributed by atoms with Crippen molar-refractivity contribution in [1.29, 1.82) is 0 Å². The van der Waals surface area contributed by atoms with Gasteiger partial charge in [-0.3, -0.25) is 29.4 Å². The molecule has 0 saturated carbocycles. The zero-order chi connectivity index (χ0) is 23.2. The van der Waals surface area contributed by atoms with Gasteiger partial charge in [0.05, 0.1) is 12.0 Å². The Labute approximate surface area is 180 Å². The Balaban J connectivity index is 2.66. The highest BCUT2D eigenvalue weighted by molar-refractivity contribution is 6.07. The number of methoxy groups -OCH3 is 1. The van der Waals surface area contributed by atoms with Crippen molar-refractivity contribution in [3.05, 3.63) is 70.3 Å². The van der Waals surface area contributed by atoms with E-state index in [1.165, 1.54) is 24.3 Å². The number of non-ortho nitro benzene ring substituents is 1. The van der Waals surface area contributed by atoms with Crippen molar-refractivity contribution in [3.8, 4) is 0 Å². The predicted octanol–water partition coefficient (Wildman–Crippen LogP) is 3.15. The Hall–Kier alpha value is -3.75. The zero-order valence-electron chi connectivity index (χ0n) is 17.8. The summed E-state index contributed by atoms with van der Waals surface area (Å²) in [5.74, 6) is -1.99. The summed E-state index contributed by atoms with van der Waals surface area (Å²) in [6.07, 6.45) is -0.598. The number of anilines is 1. The topological polar surface area (TPSA) is 119 Å². The van der Waals surface area contributed by atoms with Crippen LogP contribution in [0.15, 0.2) is 54.6 Å². The predicted molar refractivity (Wildman–Crippen MR) is 114 cm³/mol. The highest BCUT2D eigenvalue weighted by atomic mass is 16.6. The monoisotopic (exact) mass is 427 g/mol. The average molecular weight is 427 g/mol. The molecule has 0 heterocycles. The standard InChI is InChI=1S/C22H25N3O6/c1-22(2,3)23-21(28)20(15-9-8-12-17(13-15)25(29)30)24(16-10-6-5-7-11-16)18(26)14-19(27)31-4/h5-13,20H,14H2,1-4H3,(H,23,28). The lowest BCUT2D eigenvalue weighted by atomic mass is 10.00. The molecule has 9 nitrogen and oxygen atoms in total. The molecular weight excluding hydrogens is 402 g/mol. The minimum absolute atomic E-state index is 0.223. The number of ether oxygens (including phenoxy) is 1. The lowest BCUT2D eigenvalue weighted by Crippen LogP contribution is -2.49. The van der Waals surface area contributed by atoms with Gasteiger partial charge in [-0.05, 0) is 38.5 Å². The van der Waals surface area contributed by atoms with Crippen LogP contribution in [0.3, 0.4) is 0 Å². The lowest BCUT2D eigenvalue weighted by Gasteiger charge is -2.33. The first-order valence-corrected chi connectivity index (χ1v) is 9.54. The molecule has 2 aromatic carbocycles. The third kappa shape index (κ3) is 6.36. The summed E-state index contributed by atoms with van der Waals surface area (Å²) in [5.41, 5.74) is -0.265. The average Bonchev–Trinajstić information content (AvgIpc) is 2.70. The molecule has 0 fully saturated rings. The van der Waals surface area contributed by atoms with Crippen LogP contribution in [0.25, 0.3) is 0 Å². The molecule has 2 rings (SSSR count). The molecule has 0 saturated heterocycles. The van der Waals surface area contributed by atoms with E-state index in [4.69, 9.17) is 0 Å². The van der Waals surface area contributed by atoms with Crippen LogP contribution in [-0.2, 0) is 19.1 Å². The third-order valence-electron chi connectivity index (χ3n) is 4.23. The van der Waals surface area contributed by atoms with Gasteiger partial charge in [0.2, 0.25) is 11.8 Å². The van der Waals surface area contributed by atoms with Crippen LogP contribution in [-0.4, -0.2) is 35.4 Å². The first-order chi connectivity index (χ1) is 14.5. The second-order valence-electron chi connectivity index (χ2n) is 7.85. The van der Waals surface area contributed by atoms with Crippen LogP contribution in [0.2, 0.25) is 0 Å². The maximum Gasteiger partial charge on any atom is 0.315 e. The van der Waals surface area contributed by atoms with Gasteiger partial charge in [-0.2, -0.15) is 0 Å². The fraction of sp³-hybridized carbons (Fsp3) is 0.318. The smallest absolute Gasteiger partial charge is 0.315 e. The molecule has 9 heteroatoms. The number of esters is 1. The van der Waals surface area contributed by atoms with Crippen molar-refractivity contribution in [2.75, 3.05) is 12.0 Å². The molecule has 31 heavy (non-hydrogen) atoms. The maximum absolute atomic E-state index is 13.3. The minimum Gasteiger partial charge on any atom is -0.469 e. The quantitative estimate of drug-likeness (QED) is 0.314. The molecule has 0 aromatic heterocycles. The van der Waals surface area contributed by atoms with E-state index in [-0.39, 0.29) is 11.3 Å². The van der Waals surface area contributed by atoms with E-state index in [0.717, 1.165) is 12.0 Å².